The lowest BCUT2D eigenvalue weighted by molar-refractivity contribution is 0.659. The van der Waals surface area contributed by atoms with Crippen molar-refractivity contribution >= 4 is 61.0 Å². The molecule has 0 heterocycles. The molecular formula is C9H7Br3O2. The lowest BCUT2D eigenvalue weighted by Crippen LogP contribution is -2.24. The first-order valence-electron chi connectivity index (χ1n) is 3.72. The first-order chi connectivity index (χ1) is 6.81. The third kappa shape index (κ3) is 3.29. The molecule has 14 heavy (non-hydrogen) atoms. The molecule has 1 aromatic carbocycles. The van der Waals surface area contributed by atoms with E-state index in [2.05, 4.69) is 48.4 Å². The maximum Gasteiger partial charge on any atom is 0.178 e. The molecule has 0 bridgehead atoms. The van der Waals surface area contributed by atoms with Crippen LogP contribution < -0.4 is 10.4 Å². The van der Waals surface area contributed by atoms with Crippen LogP contribution in [0.3, 0.4) is 0 Å². The number of rotatable bonds is 3. The second kappa shape index (κ2) is 6.48. The number of hydrogen-bond acceptors (Lipinski definition) is 2. The number of benzene rings is 1. The molecule has 76 valence electrons. The quantitative estimate of drug-likeness (QED) is 0.744. The van der Waals surface area contributed by atoms with E-state index in [1.807, 2.05) is 18.2 Å². The van der Waals surface area contributed by atoms with Crippen LogP contribution in [0.2, 0.25) is 0 Å². The van der Waals surface area contributed by atoms with Gasteiger partial charge < -0.3 is 7.66 Å². The van der Waals surface area contributed by atoms with Gasteiger partial charge in [-0.15, -0.1) is 0 Å². The van der Waals surface area contributed by atoms with E-state index in [-0.39, 0.29) is 0 Å². The molecule has 0 N–H and O–H groups in total. The molecular weight excluding hydrogens is 380 g/mol. The zero-order chi connectivity index (χ0) is 10.4. The highest BCUT2D eigenvalue weighted by Gasteiger charge is 1.91. The van der Waals surface area contributed by atoms with Gasteiger partial charge in [0.2, 0.25) is 0 Å². The van der Waals surface area contributed by atoms with Crippen LogP contribution in [0.4, 0.5) is 0 Å². The van der Waals surface area contributed by atoms with Crippen LogP contribution in [-0.4, -0.2) is 0 Å². The lowest BCUT2D eigenvalue weighted by atomic mass is 10.2. The molecule has 1 rings (SSSR count). The van der Waals surface area contributed by atoms with Crippen LogP contribution in [-0.2, 0) is 13.0 Å². The average molecular weight is 387 g/mol. The van der Waals surface area contributed by atoms with Crippen molar-refractivity contribution in [2.75, 3.05) is 0 Å². The van der Waals surface area contributed by atoms with Crippen molar-refractivity contribution < 1.29 is 7.66 Å². The van der Waals surface area contributed by atoms with E-state index >= 15 is 0 Å². The van der Waals surface area contributed by atoms with E-state index in [9.17, 15) is 0 Å². The monoisotopic (exact) mass is 384 g/mol. The maximum absolute atomic E-state index is 4.80. The van der Waals surface area contributed by atoms with E-state index < -0.39 is 0 Å². The zero-order valence-electron chi connectivity index (χ0n) is 7.04. The standard InChI is InChI=1S/C9H7Br3O2/c10-4-7-1-2-8(5-13-11)9(3-7)6-14-12/h1-3,5-6H,4H2. The summed E-state index contributed by atoms with van der Waals surface area (Å²) in [5.41, 5.74) is 1.17. The first-order valence-corrected chi connectivity index (χ1v) is 6.13. The summed E-state index contributed by atoms with van der Waals surface area (Å²) in [6, 6.07) is 5.97. The topological polar surface area (TPSA) is 18.5 Å². The van der Waals surface area contributed by atoms with Crippen LogP contribution in [0.5, 0.6) is 0 Å². The molecule has 0 unspecified atom stereocenters. The zero-order valence-corrected chi connectivity index (χ0v) is 11.8. The lowest BCUT2D eigenvalue weighted by Gasteiger charge is -1.95. The molecule has 2 nitrogen and oxygen atoms in total. The van der Waals surface area contributed by atoms with Gasteiger partial charge in [0.15, 0.2) is 32.5 Å². The first kappa shape index (κ1) is 12.1. The molecule has 0 amide bonds. The van der Waals surface area contributed by atoms with Gasteiger partial charge in [0.1, 0.15) is 12.5 Å². The Labute approximate surface area is 108 Å². The van der Waals surface area contributed by atoms with Crippen molar-refractivity contribution in [2.24, 2.45) is 0 Å². The summed E-state index contributed by atoms with van der Waals surface area (Å²) in [5, 5.41) is 2.69. The Balaban J connectivity index is 3.32. The minimum atomic E-state index is 0.811. The van der Waals surface area contributed by atoms with Gasteiger partial charge in [-0.1, -0.05) is 28.1 Å². The third-order valence-electron chi connectivity index (χ3n) is 1.65. The predicted molar refractivity (Wildman–Crippen MR) is 67.3 cm³/mol. The number of halogens is 3. The van der Waals surface area contributed by atoms with Crippen molar-refractivity contribution in [3.63, 3.8) is 0 Å². The second-order valence-electron chi connectivity index (χ2n) is 2.51. The Hall–Kier alpha value is -0.000000000000000111. The molecule has 0 atom stereocenters. The van der Waals surface area contributed by atoms with E-state index in [4.69, 9.17) is 7.66 Å². The molecule has 0 saturated carbocycles. The van der Waals surface area contributed by atoms with Crippen LogP contribution in [0, 0.1) is 0 Å². The molecule has 1 aromatic rings. The van der Waals surface area contributed by atoms with Gasteiger partial charge in [-0.3, -0.25) is 0 Å². The fourth-order valence-electron chi connectivity index (χ4n) is 1.01. The highest BCUT2D eigenvalue weighted by Crippen LogP contribution is 1.99. The summed E-state index contributed by atoms with van der Waals surface area (Å²) in [6.07, 6.45) is 3.19. The summed E-state index contributed by atoms with van der Waals surface area (Å²) < 4.78 is 9.57. The average Bonchev–Trinajstić information content (AvgIpc) is 2.21. The van der Waals surface area contributed by atoms with Gasteiger partial charge in [0.05, 0.1) is 0 Å². The van der Waals surface area contributed by atoms with E-state index in [0.29, 0.717) is 0 Å². The highest BCUT2D eigenvalue weighted by atomic mass is 79.9. The second-order valence-corrected chi connectivity index (χ2v) is 3.82. The van der Waals surface area contributed by atoms with Gasteiger partial charge in [-0.2, -0.15) is 0 Å². The summed E-state index contributed by atoms with van der Waals surface area (Å²) in [5.74, 6) is 0. The molecule has 0 spiro atoms. The van der Waals surface area contributed by atoms with Crippen molar-refractivity contribution in [3.05, 3.63) is 34.2 Å². The van der Waals surface area contributed by atoms with Crippen molar-refractivity contribution in [1.29, 1.82) is 0 Å². The Bertz CT molecular complexity index is 403. The van der Waals surface area contributed by atoms with Gasteiger partial charge in [0.25, 0.3) is 0 Å². The summed E-state index contributed by atoms with van der Waals surface area (Å²) in [7, 11) is 0. The molecule has 0 aliphatic heterocycles. The van der Waals surface area contributed by atoms with Gasteiger partial charge in [-0.05, 0) is 11.6 Å². The number of hydrogen-bond donors (Lipinski definition) is 0. The van der Waals surface area contributed by atoms with Crippen molar-refractivity contribution in [3.8, 4) is 0 Å². The van der Waals surface area contributed by atoms with E-state index in [1.165, 1.54) is 5.56 Å². The molecule has 0 radical (unpaired) electrons. The molecule has 0 fully saturated rings. The SMILES string of the molecule is BrCc1ccc(=COBr)c(=COBr)c1. The highest BCUT2D eigenvalue weighted by molar-refractivity contribution is 9.08. The molecule has 0 aliphatic rings. The normalized spacial score (nSPS) is 13.1. The number of alkyl halides is 1. The fourth-order valence-corrected chi connectivity index (χ4v) is 1.76. The third-order valence-corrected chi connectivity index (χ3v) is 2.67. The van der Waals surface area contributed by atoms with Gasteiger partial charge >= 0.3 is 0 Å². The Morgan fingerprint density at radius 2 is 1.71 bits per heavy atom. The van der Waals surface area contributed by atoms with Crippen molar-refractivity contribution in [1.82, 2.24) is 0 Å². The Morgan fingerprint density at radius 1 is 1.07 bits per heavy atom. The van der Waals surface area contributed by atoms with E-state index in [0.717, 1.165) is 15.8 Å². The van der Waals surface area contributed by atoms with Gasteiger partial charge in [0, 0.05) is 15.8 Å². The minimum Gasteiger partial charge on any atom is -0.425 e. The Morgan fingerprint density at radius 3 is 2.29 bits per heavy atom. The molecule has 0 aromatic heterocycles. The summed E-state index contributed by atoms with van der Waals surface area (Å²) in [6.45, 7) is 0. The van der Waals surface area contributed by atoms with Crippen LogP contribution >= 0.6 is 48.4 Å². The van der Waals surface area contributed by atoms with Crippen LogP contribution in [0.25, 0.3) is 12.5 Å². The predicted octanol–water partition coefficient (Wildman–Crippen LogP) is 2.71. The van der Waals surface area contributed by atoms with Crippen molar-refractivity contribution in [2.45, 2.75) is 5.33 Å². The summed E-state index contributed by atoms with van der Waals surface area (Å²) in [4.78, 5) is 0. The Kier molecular flexibility index (Phi) is 5.59. The largest absolute Gasteiger partial charge is 0.425 e. The van der Waals surface area contributed by atoms with Crippen LogP contribution in [0.15, 0.2) is 18.2 Å². The van der Waals surface area contributed by atoms with Crippen LogP contribution in [0.1, 0.15) is 5.56 Å². The molecule has 5 heteroatoms. The molecule has 0 saturated heterocycles. The summed E-state index contributed by atoms with van der Waals surface area (Å²) >= 11 is 9.15. The van der Waals surface area contributed by atoms with E-state index in [1.54, 1.807) is 12.5 Å². The maximum atomic E-state index is 4.80. The van der Waals surface area contributed by atoms with Gasteiger partial charge in [-0.25, -0.2) is 0 Å². The smallest absolute Gasteiger partial charge is 0.178 e. The fraction of sp³-hybridized carbons (Fsp3) is 0.111. The minimum absolute atomic E-state index is 0.811. The molecule has 0 aliphatic carbocycles.